The van der Waals surface area contributed by atoms with Gasteiger partial charge in [0.15, 0.2) is 0 Å². The molecule has 0 bridgehead atoms. The third kappa shape index (κ3) is 36.7. The number of nitrogens with zero attached hydrogens (tertiary/aromatic N) is 2. The monoisotopic (exact) mass is 1120 g/mol. The van der Waals surface area contributed by atoms with E-state index in [4.69, 9.17) is 33.2 Å². The van der Waals surface area contributed by atoms with Crippen LogP contribution in [0.1, 0.15) is 259 Å². The highest BCUT2D eigenvalue weighted by Crippen LogP contribution is 2.24. The van der Waals surface area contributed by atoms with Gasteiger partial charge in [-0.3, -0.25) is 33.7 Å². The van der Waals surface area contributed by atoms with Crippen molar-refractivity contribution >= 4 is 41.9 Å². The molecule has 456 valence electrons. The average molecular weight is 1120 g/mol. The molecular weight excluding hydrogens is 1010 g/mol. The second-order valence-electron chi connectivity index (χ2n) is 22.5. The van der Waals surface area contributed by atoms with Crippen LogP contribution >= 0.6 is 0 Å². The van der Waals surface area contributed by atoms with E-state index in [9.17, 15) is 33.6 Å². The Hall–Kier alpha value is -4.21. The summed E-state index contributed by atoms with van der Waals surface area (Å²) >= 11 is 0. The molecule has 0 spiro atoms. The molecule has 0 radical (unpaired) electrons. The van der Waals surface area contributed by atoms with Gasteiger partial charge in [-0.05, 0) is 65.0 Å². The van der Waals surface area contributed by atoms with E-state index >= 15 is 0 Å². The molecule has 2 rings (SSSR count). The van der Waals surface area contributed by atoms with E-state index in [0.29, 0.717) is 38.5 Å². The molecule has 1 saturated heterocycles. The zero-order chi connectivity index (χ0) is 57.6. The van der Waals surface area contributed by atoms with Crippen molar-refractivity contribution in [1.29, 1.82) is 0 Å². The van der Waals surface area contributed by atoms with Crippen molar-refractivity contribution in [1.82, 2.24) is 9.80 Å². The van der Waals surface area contributed by atoms with Crippen molar-refractivity contribution in [2.45, 2.75) is 277 Å². The van der Waals surface area contributed by atoms with Crippen LogP contribution in [0, 0.1) is 11.8 Å². The van der Waals surface area contributed by atoms with Gasteiger partial charge in [-0.25, -0.2) is 4.79 Å². The number of hydrogen-bond donors (Lipinski definition) is 0. The molecule has 79 heavy (non-hydrogen) atoms. The molecule has 3 atom stereocenters. The van der Waals surface area contributed by atoms with Crippen LogP contribution in [0.15, 0.2) is 12.2 Å². The predicted molar refractivity (Wildman–Crippen MR) is 308 cm³/mol. The number of hydrogen-bond acceptors (Lipinski definition) is 15. The molecule has 2 heterocycles. The van der Waals surface area contributed by atoms with Crippen LogP contribution < -0.4 is 0 Å². The first kappa shape index (κ1) is 70.9. The Kier molecular flexibility index (Phi) is 42.6. The summed E-state index contributed by atoms with van der Waals surface area (Å²) in [4.78, 5) is 96.8. The van der Waals surface area contributed by atoms with Gasteiger partial charge in [-0.1, -0.05) is 181 Å². The van der Waals surface area contributed by atoms with Crippen molar-refractivity contribution in [2.24, 2.45) is 11.8 Å². The molecule has 0 aromatic rings. The van der Waals surface area contributed by atoms with Gasteiger partial charge in [0.05, 0.1) is 51.4 Å². The fourth-order valence-electron chi connectivity index (χ4n) is 10.0. The second kappa shape index (κ2) is 47.4. The number of unbranched alkanes of at least 4 members (excludes halogenated alkanes) is 20. The molecule has 1 amide bonds. The standard InChI is InChI=1S/C63H110N2O14/c1-6-10-14-18-22-28-38-57(66)73-45-52(46-74-58(67)39-29-23-19-15-11-7-2)43-61(70)77-50-55-36-32-33-37-56(65(55)63(72)79-49-54-35-27-26-34-42-64(54)5)51-78-62(71)44-53(47-75-59(68)40-30-24-20-16-12-8-3)48-76-60(69)41-31-25-21-17-13-9-4/h32-33,52-56H,6-31,34-51H2,1-5H3/t54?,55-,56-/m0/s1. The summed E-state index contributed by atoms with van der Waals surface area (Å²) in [6.07, 6.45) is 33.1. The highest BCUT2D eigenvalue weighted by Gasteiger charge is 2.36. The minimum Gasteiger partial charge on any atom is -0.465 e. The van der Waals surface area contributed by atoms with Gasteiger partial charge in [-0.15, -0.1) is 0 Å². The van der Waals surface area contributed by atoms with Crippen LogP contribution in [0.25, 0.3) is 0 Å². The Morgan fingerprint density at radius 2 is 0.722 bits per heavy atom. The molecule has 16 nitrogen and oxygen atoms in total. The Morgan fingerprint density at radius 1 is 0.392 bits per heavy atom. The number of amides is 1. The minimum absolute atomic E-state index is 0.0255. The van der Waals surface area contributed by atoms with Crippen molar-refractivity contribution < 1.29 is 66.7 Å². The van der Waals surface area contributed by atoms with Crippen LogP contribution in [-0.2, 0) is 61.9 Å². The number of carbonyl (C=O) groups excluding carboxylic acids is 7. The largest absolute Gasteiger partial charge is 0.465 e. The summed E-state index contributed by atoms with van der Waals surface area (Å²) in [5.41, 5.74) is 0. The molecule has 1 unspecified atom stereocenters. The Balaban J connectivity index is 2.22. The molecule has 1 fully saturated rings. The summed E-state index contributed by atoms with van der Waals surface area (Å²) in [6, 6.07) is -1.36. The first-order chi connectivity index (χ1) is 38.4. The lowest BCUT2D eigenvalue weighted by Gasteiger charge is -2.36. The van der Waals surface area contributed by atoms with Crippen LogP contribution in [0.5, 0.6) is 0 Å². The van der Waals surface area contributed by atoms with E-state index in [0.717, 1.165) is 161 Å². The summed E-state index contributed by atoms with van der Waals surface area (Å²) in [5.74, 6) is -3.99. The van der Waals surface area contributed by atoms with E-state index in [1.807, 2.05) is 19.2 Å². The molecule has 2 aliphatic heterocycles. The Labute approximate surface area is 477 Å². The predicted octanol–water partition coefficient (Wildman–Crippen LogP) is 13.7. The van der Waals surface area contributed by atoms with Crippen LogP contribution in [0.4, 0.5) is 4.79 Å². The van der Waals surface area contributed by atoms with Gasteiger partial charge in [0, 0.05) is 43.6 Å². The molecule has 0 aliphatic carbocycles. The van der Waals surface area contributed by atoms with Gasteiger partial charge >= 0.3 is 41.9 Å². The van der Waals surface area contributed by atoms with E-state index in [1.54, 1.807) is 0 Å². The summed E-state index contributed by atoms with van der Waals surface area (Å²) in [5, 5.41) is 0. The smallest absolute Gasteiger partial charge is 0.410 e. The van der Waals surface area contributed by atoms with Crippen molar-refractivity contribution in [3.05, 3.63) is 12.2 Å². The number of rotatable bonds is 46. The van der Waals surface area contributed by atoms with Gasteiger partial charge in [0.25, 0.3) is 0 Å². The number of likely N-dealkylation sites (tertiary alicyclic amines) is 1. The Morgan fingerprint density at radius 3 is 1.08 bits per heavy atom. The van der Waals surface area contributed by atoms with E-state index in [2.05, 4.69) is 32.6 Å². The van der Waals surface area contributed by atoms with E-state index in [-0.39, 0.29) is 115 Å². The highest BCUT2D eigenvalue weighted by molar-refractivity contribution is 5.73. The fourth-order valence-corrected chi connectivity index (χ4v) is 10.0. The van der Waals surface area contributed by atoms with Crippen LogP contribution in [-0.4, -0.2) is 130 Å². The SMILES string of the molecule is CCCCCCCCC(=O)OCC(COC(=O)CCCCCCCC)CC(=O)OC[C@@H]1CC=CC[C@@H](COC(=O)CC(COC(=O)CCCCCCCC)COC(=O)CCCCCCCC)N1C(=O)OCC1CCCCCN1C. The van der Waals surface area contributed by atoms with Crippen molar-refractivity contribution in [2.75, 3.05) is 59.8 Å². The van der Waals surface area contributed by atoms with E-state index < -0.39 is 42.0 Å². The molecular formula is C63H110N2O14. The second-order valence-corrected chi connectivity index (χ2v) is 22.5. The zero-order valence-electron chi connectivity index (χ0n) is 50.3. The van der Waals surface area contributed by atoms with E-state index in [1.165, 1.54) is 4.90 Å². The van der Waals surface area contributed by atoms with Crippen LogP contribution in [0.3, 0.4) is 0 Å². The number of ether oxygens (including phenoxy) is 7. The third-order valence-electron chi connectivity index (χ3n) is 15.2. The lowest BCUT2D eigenvalue weighted by molar-refractivity contribution is -0.156. The topological polar surface area (TPSA) is 191 Å². The first-order valence-corrected chi connectivity index (χ1v) is 31.6. The maximum Gasteiger partial charge on any atom is 0.410 e. The Bertz CT molecular complexity index is 1510. The van der Waals surface area contributed by atoms with Gasteiger partial charge in [0.1, 0.15) is 19.8 Å². The van der Waals surface area contributed by atoms with Gasteiger partial charge < -0.3 is 38.1 Å². The molecule has 2 aliphatic rings. The maximum absolute atomic E-state index is 14.4. The quantitative estimate of drug-likeness (QED) is 0.0242. The maximum atomic E-state index is 14.4. The molecule has 0 saturated carbocycles. The van der Waals surface area contributed by atoms with Crippen molar-refractivity contribution in [3.8, 4) is 0 Å². The molecule has 0 N–H and O–H groups in total. The first-order valence-electron chi connectivity index (χ1n) is 31.6. The third-order valence-corrected chi connectivity index (χ3v) is 15.2. The lowest BCUT2D eigenvalue weighted by atomic mass is 10.1. The fraction of sp³-hybridized carbons (Fsp3) is 0.857. The zero-order valence-corrected chi connectivity index (χ0v) is 50.3. The average Bonchev–Trinajstić information content (AvgIpc) is 3.83. The van der Waals surface area contributed by atoms with Gasteiger partial charge in [-0.2, -0.15) is 0 Å². The summed E-state index contributed by atoms with van der Waals surface area (Å²) in [7, 11) is 2.03. The van der Waals surface area contributed by atoms with Gasteiger partial charge in [0.2, 0.25) is 0 Å². The summed E-state index contributed by atoms with van der Waals surface area (Å²) in [6.45, 7) is 8.80. The number of esters is 6. The number of carbonyl (C=O) groups is 7. The lowest BCUT2D eigenvalue weighted by Crippen LogP contribution is -2.51. The molecule has 0 aromatic heterocycles. The minimum atomic E-state index is -0.695. The van der Waals surface area contributed by atoms with Crippen LogP contribution in [0.2, 0.25) is 0 Å². The molecule has 0 aromatic carbocycles. The highest BCUT2D eigenvalue weighted by atomic mass is 16.6. The number of likely N-dealkylation sites (N-methyl/N-ethyl adjacent to an activating group) is 1. The van der Waals surface area contributed by atoms with Crippen molar-refractivity contribution in [3.63, 3.8) is 0 Å². The molecule has 16 heteroatoms. The normalized spacial score (nSPS) is 16.7. The summed E-state index contributed by atoms with van der Waals surface area (Å²) < 4.78 is 40.5.